The highest BCUT2D eigenvalue weighted by atomic mass is 19.4. The second-order valence-electron chi connectivity index (χ2n) is 10.9. The third kappa shape index (κ3) is 7.23. The van der Waals surface area contributed by atoms with E-state index in [0.29, 0.717) is 56.9 Å². The highest BCUT2D eigenvalue weighted by Gasteiger charge is 2.44. The summed E-state index contributed by atoms with van der Waals surface area (Å²) in [5, 5.41) is 6.69. The number of piperidine rings is 1. The summed E-state index contributed by atoms with van der Waals surface area (Å²) in [5.41, 5.74) is -0.424. The number of benzene rings is 1. The first-order chi connectivity index (χ1) is 20.0. The molecule has 2 aliphatic rings. The highest BCUT2D eigenvalue weighted by molar-refractivity contribution is 5.88. The summed E-state index contributed by atoms with van der Waals surface area (Å²) in [6.45, 7) is 8.04. The fourth-order valence-corrected chi connectivity index (χ4v) is 5.91. The lowest BCUT2D eigenvalue weighted by Gasteiger charge is -2.45. The normalized spacial score (nSPS) is 17.0. The van der Waals surface area contributed by atoms with Crippen LogP contribution in [0.2, 0.25) is 0 Å². The van der Waals surface area contributed by atoms with Crippen LogP contribution in [0.5, 0.6) is 5.75 Å². The number of ether oxygens (including phenoxy) is 1. The molecule has 0 unspecified atom stereocenters. The van der Waals surface area contributed by atoms with Crippen LogP contribution in [-0.4, -0.2) is 87.2 Å². The molecule has 0 saturated carbocycles. The molecule has 1 spiro atoms. The van der Waals surface area contributed by atoms with Crippen molar-refractivity contribution in [2.24, 2.45) is 0 Å². The van der Waals surface area contributed by atoms with Gasteiger partial charge in [-0.25, -0.2) is 4.79 Å². The number of hydrogen-bond acceptors (Lipinski definition) is 6. The Labute approximate surface area is 243 Å². The number of aromatic nitrogens is 2. The Bertz CT molecular complexity index is 1270. The van der Waals surface area contributed by atoms with Crippen molar-refractivity contribution in [3.05, 3.63) is 41.6 Å². The molecule has 13 heteroatoms. The second kappa shape index (κ2) is 13.1. The summed E-state index contributed by atoms with van der Waals surface area (Å²) in [6, 6.07) is 4.77. The third-order valence-corrected chi connectivity index (χ3v) is 8.13. The van der Waals surface area contributed by atoms with Gasteiger partial charge in [-0.1, -0.05) is 13.0 Å². The van der Waals surface area contributed by atoms with Crippen molar-refractivity contribution >= 4 is 23.7 Å². The van der Waals surface area contributed by atoms with Gasteiger partial charge in [0.2, 0.25) is 5.91 Å². The van der Waals surface area contributed by atoms with Crippen LogP contribution >= 0.6 is 0 Å². The average Bonchev–Trinajstić information content (AvgIpc) is 3.57. The van der Waals surface area contributed by atoms with E-state index in [1.54, 1.807) is 15.9 Å². The van der Waals surface area contributed by atoms with E-state index in [0.717, 1.165) is 37.9 Å². The molecule has 42 heavy (non-hydrogen) atoms. The minimum Gasteiger partial charge on any atom is -0.483 e. The molecule has 2 aliphatic heterocycles. The van der Waals surface area contributed by atoms with Crippen LogP contribution in [0.25, 0.3) is 0 Å². The van der Waals surface area contributed by atoms with Gasteiger partial charge in [-0.2, -0.15) is 17.9 Å². The number of likely N-dealkylation sites (N-methyl/N-ethyl adjacent to an activating group) is 1. The predicted octanol–water partition coefficient (Wildman–Crippen LogP) is 4.60. The van der Waals surface area contributed by atoms with E-state index < -0.39 is 11.7 Å². The lowest BCUT2D eigenvalue weighted by molar-refractivity contribution is -0.137. The fourth-order valence-electron chi connectivity index (χ4n) is 5.91. The average molecular weight is 593 g/mol. The van der Waals surface area contributed by atoms with E-state index in [1.165, 1.54) is 23.9 Å². The molecule has 4 rings (SSSR count). The number of nitrogens with zero attached hydrogens (tertiary/aromatic N) is 5. The molecule has 3 heterocycles. The standard InChI is InChI=1S/C29H39F3N6O4/c1-4-13-35(5-2)26(40)20-42-24-18-23(29(30,31)32)8-7-22(24)19-37-14-6-10-28(37)11-16-36(17-12-28)27(41)38-15-9-25(34-38)33-21(3)39/h7-9,15,18H,4-6,10-14,16-17,19-20H2,1-3H3,(H,33,34,39). The first-order valence-electron chi connectivity index (χ1n) is 14.4. The number of nitrogens with one attached hydrogen (secondary N) is 1. The molecule has 1 N–H and O–H groups in total. The summed E-state index contributed by atoms with van der Waals surface area (Å²) in [7, 11) is 0. The summed E-state index contributed by atoms with van der Waals surface area (Å²) >= 11 is 0. The SMILES string of the molecule is CCCN(CC)C(=O)COc1cc(C(F)(F)F)ccc1CN1CCCC12CCN(C(=O)n1ccc(NC(C)=O)n1)CC2. The molecular formula is C29H39F3N6O4. The van der Waals surface area contributed by atoms with Crippen LogP contribution in [-0.2, 0) is 22.3 Å². The van der Waals surface area contributed by atoms with E-state index in [4.69, 9.17) is 4.74 Å². The van der Waals surface area contributed by atoms with Gasteiger partial charge in [-0.05, 0) is 57.7 Å². The lowest BCUT2D eigenvalue weighted by Crippen LogP contribution is -2.53. The molecule has 1 aromatic carbocycles. The van der Waals surface area contributed by atoms with Crippen molar-refractivity contribution in [2.45, 2.75) is 71.1 Å². The van der Waals surface area contributed by atoms with Gasteiger partial charge in [0.1, 0.15) is 5.75 Å². The molecule has 0 atom stereocenters. The first-order valence-corrected chi connectivity index (χ1v) is 14.4. The van der Waals surface area contributed by atoms with Crippen molar-refractivity contribution in [3.8, 4) is 5.75 Å². The van der Waals surface area contributed by atoms with Crippen molar-refractivity contribution in [1.29, 1.82) is 0 Å². The number of likely N-dealkylation sites (tertiary alicyclic amines) is 2. The van der Waals surface area contributed by atoms with Gasteiger partial charge in [-0.15, -0.1) is 5.10 Å². The van der Waals surface area contributed by atoms with Gasteiger partial charge in [0.25, 0.3) is 5.91 Å². The van der Waals surface area contributed by atoms with Crippen molar-refractivity contribution in [3.63, 3.8) is 0 Å². The van der Waals surface area contributed by atoms with Gasteiger partial charge in [0.05, 0.1) is 5.56 Å². The van der Waals surface area contributed by atoms with Crippen molar-refractivity contribution in [1.82, 2.24) is 24.5 Å². The Morgan fingerprint density at radius 2 is 1.83 bits per heavy atom. The molecule has 0 bridgehead atoms. The van der Waals surface area contributed by atoms with Crippen LogP contribution in [0.15, 0.2) is 30.5 Å². The first kappa shape index (κ1) is 31.3. The van der Waals surface area contributed by atoms with Gasteiger partial charge in [-0.3, -0.25) is 14.5 Å². The number of hydrogen-bond donors (Lipinski definition) is 1. The van der Waals surface area contributed by atoms with E-state index in [1.807, 2.05) is 13.8 Å². The second-order valence-corrected chi connectivity index (χ2v) is 10.9. The molecule has 10 nitrogen and oxygen atoms in total. The minimum absolute atomic E-state index is 0.0639. The molecule has 2 fully saturated rings. The summed E-state index contributed by atoms with van der Waals surface area (Å²) in [5.74, 6) is -0.176. The maximum absolute atomic E-state index is 13.6. The molecule has 3 amide bonds. The Hall–Kier alpha value is -3.61. The molecule has 2 saturated heterocycles. The van der Waals surface area contributed by atoms with Gasteiger partial charge < -0.3 is 19.9 Å². The Balaban J connectivity index is 1.46. The molecule has 2 aromatic rings. The Morgan fingerprint density at radius 3 is 2.48 bits per heavy atom. The van der Waals surface area contributed by atoms with E-state index in [2.05, 4.69) is 15.3 Å². The number of rotatable bonds is 9. The van der Waals surface area contributed by atoms with Gasteiger partial charge in [0, 0.05) is 63.0 Å². The monoisotopic (exact) mass is 592 g/mol. The Morgan fingerprint density at radius 1 is 1.10 bits per heavy atom. The number of carbonyl (C=O) groups excluding carboxylic acids is 3. The number of amides is 3. The quantitative estimate of drug-likeness (QED) is 0.457. The van der Waals surface area contributed by atoms with Crippen LogP contribution in [0.4, 0.5) is 23.8 Å². The smallest absolute Gasteiger partial charge is 0.416 e. The Kier molecular flexibility index (Phi) is 9.80. The summed E-state index contributed by atoms with van der Waals surface area (Å²) in [4.78, 5) is 42.6. The van der Waals surface area contributed by atoms with E-state index in [9.17, 15) is 27.6 Å². The highest BCUT2D eigenvalue weighted by Crippen LogP contribution is 2.41. The number of alkyl halides is 3. The molecular weight excluding hydrogens is 553 g/mol. The van der Waals surface area contributed by atoms with Crippen LogP contribution < -0.4 is 10.1 Å². The topological polar surface area (TPSA) is 100 Å². The zero-order chi connectivity index (χ0) is 30.5. The van der Waals surface area contributed by atoms with Crippen molar-refractivity contribution in [2.75, 3.05) is 44.6 Å². The lowest BCUT2D eigenvalue weighted by atomic mass is 9.84. The molecule has 1 aromatic heterocycles. The number of anilines is 1. The molecule has 0 radical (unpaired) electrons. The maximum atomic E-state index is 13.6. The predicted molar refractivity (Wildman–Crippen MR) is 150 cm³/mol. The summed E-state index contributed by atoms with van der Waals surface area (Å²) < 4.78 is 47.6. The zero-order valence-electron chi connectivity index (χ0n) is 24.4. The fraction of sp³-hybridized carbons (Fsp3) is 0.586. The van der Waals surface area contributed by atoms with Crippen LogP contribution in [0.1, 0.15) is 64.0 Å². The largest absolute Gasteiger partial charge is 0.483 e. The van der Waals surface area contributed by atoms with Crippen LogP contribution in [0, 0.1) is 0 Å². The third-order valence-electron chi connectivity index (χ3n) is 8.13. The summed E-state index contributed by atoms with van der Waals surface area (Å²) in [6.07, 6.45) is 1.01. The van der Waals surface area contributed by atoms with Gasteiger partial charge in [0.15, 0.2) is 12.4 Å². The van der Waals surface area contributed by atoms with E-state index >= 15 is 0 Å². The van der Waals surface area contributed by atoms with E-state index in [-0.39, 0.29) is 35.7 Å². The van der Waals surface area contributed by atoms with Crippen LogP contribution in [0.3, 0.4) is 0 Å². The maximum Gasteiger partial charge on any atom is 0.416 e. The number of halogens is 3. The van der Waals surface area contributed by atoms with Crippen molar-refractivity contribution < 1.29 is 32.3 Å². The number of carbonyl (C=O) groups is 3. The zero-order valence-corrected chi connectivity index (χ0v) is 24.4. The molecule has 230 valence electrons. The van der Waals surface area contributed by atoms with Gasteiger partial charge >= 0.3 is 12.2 Å². The molecule has 0 aliphatic carbocycles. The minimum atomic E-state index is -4.54.